The Hall–Kier alpha value is -2.95. The van der Waals surface area contributed by atoms with Gasteiger partial charge in [0.05, 0.1) is 0 Å². The van der Waals surface area contributed by atoms with Gasteiger partial charge in [-0.15, -0.1) is 0 Å². The van der Waals surface area contributed by atoms with Crippen LogP contribution >= 0.6 is 0 Å². The van der Waals surface area contributed by atoms with Crippen LogP contribution in [-0.4, -0.2) is 23.6 Å². The Kier molecular flexibility index (Phi) is 4.65. The number of amides is 2. The summed E-state index contributed by atoms with van der Waals surface area (Å²) in [5.41, 5.74) is 3.16. The van der Waals surface area contributed by atoms with Crippen molar-refractivity contribution in [3.63, 3.8) is 0 Å². The molecule has 0 saturated heterocycles. The number of ketones is 1. The largest absolute Gasteiger partial charge is 0.326 e. The number of hydrogen-bond acceptors (Lipinski definition) is 3. The second-order valence-corrected chi connectivity index (χ2v) is 6.30. The standard InChI is InChI=1S/C20H20N2O3/c1-13-11-16-5-3-4-6-18(16)22(13)20(25)12-19(24)21-17-9-7-15(8-10-17)14(2)23/h3-10,13H,11-12H2,1-2H3,(H,21,24). The van der Waals surface area contributed by atoms with Gasteiger partial charge < -0.3 is 10.2 Å². The molecule has 3 rings (SSSR count). The van der Waals surface area contributed by atoms with Gasteiger partial charge in [0.2, 0.25) is 11.8 Å². The molecule has 0 aliphatic carbocycles. The van der Waals surface area contributed by atoms with Crippen molar-refractivity contribution in [2.75, 3.05) is 10.2 Å². The first-order valence-electron chi connectivity index (χ1n) is 8.26. The molecule has 0 aromatic heterocycles. The Morgan fingerprint density at radius 3 is 2.44 bits per heavy atom. The lowest BCUT2D eigenvalue weighted by Gasteiger charge is -2.22. The van der Waals surface area contributed by atoms with Crippen molar-refractivity contribution in [3.8, 4) is 0 Å². The average molecular weight is 336 g/mol. The zero-order valence-corrected chi connectivity index (χ0v) is 14.3. The molecule has 1 atom stereocenters. The Labute approximate surface area is 146 Å². The van der Waals surface area contributed by atoms with E-state index in [0.717, 1.165) is 17.7 Å². The number of hydrogen-bond donors (Lipinski definition) is 1. The molecule has 1 heterocycles. The number of Topliss-reactive ketones (excluding diaryl/α,β-unsaturated/α-hetero) is 1. The van der Waals surface area contributed by atoms with Crippen LogP contribution in [-0.2, 0) is 16.0 Å². The van der Waals surface area contributed by atoms with E-state index in [-0.39, 0.29) is 30.1 Å². The number of nitrogens with zero attached hydrogens (tertiary/aromatic N) is 1. The normalized spacial score (nSPS) is 15.6. The number of fused-ring (bicyclic) bond motifs is 1. The zero-order valence-electron chi connectivity index (χ0n) is 14.3. The Morgan fingerprint density at radius 1 is 1.08 bits per heavy atom. The minimum Gasteiger partial charge on any atom is -0.326 e. The fourth-order valence-electron chi connectivity index (χ4n) is 3.16. The van der Waals surface area contributed by atoms with Crippen molar-refractivity contribution in [2.45, 2.75) is 32.7 Å². The zero-order chi connectivity index (χ0) is 18.0. The highest BCUT2D eigenvalue weighted by Crippen LogP contribution is 2.32. The van der Waals surface area contributed by atoms with E-state index in [1.807, 2.05) is 31.2 Å². The molecule has 2 aromatic carbocycles. The SMILES string of the molecule is CC(=O)c1ccc(NC(=O)CC(=O)N2c3ccccc3CC2C)cc1. The maximum atomic E-state index is 12.6. The van der Waals surface area contributed by atoms with E-state index in [9.17, 15) is 14.4 Å². The molecular formula is C20H20N2O3. The molecule has 5 nitrogen and oxygen atoms in total. The molecule has 1 aliphatic rings. The van der Waals surface area contributed by atoms with E-state index in [4.69, 9.17) is 0 Å². The molecule has 2 amide bonds. The summed E-state index contributed by atoms with van der Waals surface area (Å²) in [5.74, 6) is -0.609. The van der Waals surface area contributed by atoms with Crippen LogP contribution in [0.1, 0.15) is 36.2 Å². The third kappa shape index (κ3) is 3.60. The maximum Gasteiger partial charge on any atom is 0.236 e. The lowest BCUT2D eigenvalue weighted by Crippen LogP contribution is -2.37. The van der Waals surface area contributed by atoms with Gasteiger partial charge in [0.1, 0.15) is 6.42 Å². The smallest absolute Gasteiger partial charge is 0.236 e. The molecule has 25 heavy (non-hydrogen) atoms. The first kappa shape index (κ1) is 16.9. The summed E-state index contributed by atoms with van der Waals surface area (Å²) in [7, 11) is 0. The van der Waals surface area contributed by atoms with Crippen molar-refractivity contribution in [2.24, 2.45) is 0 Å². The molecule has 5 heteroatoms. The van der Waals surface area contributed by atoms with Crippen LogP contribution in [0.15, 0.2) is 48.5 Å². The maximum absolute atomic E-state index is 12.6. The van der Waals surface area contributed by atoms with Gasteiger partial charge in [0, 0.05) is 23.0 Å². The average Bonchev–Trinajstić information content (AvgIpc) is 2.90. The molecular weight excluding hydrogens is 316 g/mol. The fraction of sp³-hybridized carbons (Fsp3) is 0.250. The summed E-state index contributed by atoms with van der Waals surface area (Å²) in [4.78, 5) is 37.7. The number of anilines is 2. The van der Waals surface area contributed by atoms with Crippen molar-refractivity contribution >= 4 is 29.0 Å². The minimum atomic E-state index is -0.364. The topological polar surface area (TPSA) is 66.5 Å². The fourth-order valence-corrected chi connectivity index (χ4v) is 3.16. The Morgan fingerprint density at radius 2 is 1.76 bits per heavy atom. The van der Waals surface area contributed by atoms with Crippen molar-refractivity contribution in [1.82, 2.24) is 0 Å². The third-order valence-electron chi connectivity index (χ3n) is 4.36. The summed E-state index contributed by atoms with van der Waals surface area (Å²) in [6.07, 6.45) is 0.586. The van der Waals surface area contributed by atoms with E-state index >= 15 is 0 Å². The summed E-state index contributed by atoms with van der Waals surface area (Å²) in [6, 6.07) is 14.4. The van der Waals surface area contributed by atoms with E-state index in [2.05, 4.69) is 5.32 Å². The van der Waals surface area contributed by atoms with Crippen LogP contribution in [0.5, 0.6) is 0 Å². The molecule has 0 saturated carbocycles. The Bertz CT molecular complexity index is 827. The lowest BCUT2D eigenvalue weighted by molar-refractivity contribution is -0.125. The quantitative estimate of drug-likeness (QED) is 0.689. The van der Waals surface area contributed by atoms with Gasteiger partial charge in [-0.05, 0) is 56.2 Å². The van der Waals surface area contributed by atoms with Crippen LogP contribution < -0.4 is 10.2 Å². The van der Waals surface area contributed by atoms with E-state index in [1.54, 1.807) is 29.2 Å². The van der Waals surface area contributed by atoms with Crippen molar-refractivity contribution in [3.05, 3.63) is 59.7 Å². The van der Waals surface area contributed by atoms with Crippen molar-refractivity contribution in [1.29, 1.82) is 0 Å². The van der Waals surface area contributed by atoms with Crippen LogP contribution in [0.2, 0.25) is 0 Å². The van der Waals surface area contributed by atoms with Gasteiger partial charge in [-0.3, -0.25) is 14.4 Å². The molecule has 1 unspecified atom stereocenters. The van der Waals surface area contributed by atoms with Gasteiger partial charge in [-0.2, -0.15) is 0 Å². The summed E-state index contributed by atoms with van der Waals surface area (Å²) < 4.78 is 0. The predicted molar refractivity (Wildman–Crippen MR) is 96.8 cm³/mol. The molecule has 0 bridgehead atoms. The molecule has 0 radical (unpaired) electrons. The van der Waals surface area contributed by atoms with Gasteiger partial charge in [-0.25, -0.2) is 0 Å². The summed E-state index contributed by atoms with van der Waals surface area (Å²) >= 11 is 0. The molecule has 1 N–H and O–H groups in total. The third-order valence-corrected chi connectivity index (χ3v) is 4.36. The van der Waals surface area contributed by atoms with Crippen LogP contribution in [0.25, 0.3) is 0 Å². The van der Waals surface area contributed by atoms with Crippen LogP contribution in [0, 0.1) is 0 Å². The minimum absolute atomic E-state index is 0.0326. The monoisotopic (exact) mass is 336 g/mol. The van der Waals surface area contributed by atoms with Gasteiger partial charge in [0.15, 0.2) is 5.78 Å². The van der Waals surface area contributed by atoms with Gasteiger partial charge in [-0.1, -0.05) is 18.2 Å². The first-order chi connectivity index (χ1) is 12.0. The molecule has 2 aromatic rings. The van der Waals surface area contributed by atoms with Crippen LogP contribution in [0.4, 0.5) is 11.4 Å². The number of carbonyl (C=O) groups excluding carboxylic acids is 3. The lowest BCUT2D eigenvalue weighted by atomic mass is 10.1. The summed E-state index contributed by atoms with van der Waals surface area (Å²) in [5, 5.41) is 2.70. The van der Waals surface area contributed by atoms with E-state index in [1.165, 1.54) is 6.92 Å². The molecule has 0 fully saturated rings. The second-order valence-electron chi connectivity index (χ2n) is 6.30. The number of benzene rings is 2. The second kappa shape index (κ2) is 6.89. The number of rotatable bonds is 4. The van der Waals surface area contributed by atoms with Crippen molar-refractivity contribution < 1.29 is 14.4 Å². The number of nitrogens with one attached hydrogen (secondary N) is 1. The van der Waals surface area contributed by atoms with E-state index in [0.29, 0.717) is 11.3 Å². The Balaban J connectivity index is 1.65. The first-order valence-corrected chi connectivity index (χ1v) is 8.26. The molecule has 1 aliphatic heterocycles. The highest BCUT2D eigenvalue weighted by atomic mass is 16.2. The molecule has 0 spiro atoms. The highest BCUT2D eigenvalue weighted by molar-refractivity contribution is 6.10. The number of carbonyl (C=O) groups is 3. The van der Waals surface area contributed by atoms with Gasteiger partial charge >= 0.3 is 0 Å². The number of para-hydroxylation sites is 1. The van der Waals surface area contributed by atoms with Crippen LogP contribution in [0.3, 0.4) is 0 Å². The summed E-state index contributed by atoms with van der Waals surface area (Å²) in [6.45, 7) is 3.47. The predicted octanol–water partition coefficient (Wildman–Crippen LogP) is 3.20. The molecule has 128 valence electrons. The highest BCUT2D eigenvalue weighted by Gasteiger charge is 2.31. The van der Waals surface area contributed by atoms with E-state index < -0.39 is 0 Å². The van der Waals surface area contributed by atoms with Gasteiger partial charge in [0.25, 0.3) is 0 Å².